The third-order valence-electron chi connectivity index (χ3n) is 4.22. The number of aromatic nitrogens is 1. The largest absolute Gasteiger partial charge is 0.497 e. The van der Waals surface area contributed by atoms with E-state index in [9.17, 15) is 9.59 Å². The van der Waals surface area contributed by atoms with Gasteiger partial charge in [-0.15, -0.1) is 0 Å². The van der Waals surface area contributed by atoms with Gasteiger partial charge in [-0.05, 0) is 42.0 Å². The van der Waals surface area contributed by atoms with E-state index in [-0.39, 0.29) is 24.5 Å². The van der Waals surface area contributed by atoms with Crippen molar-refractivity contribution < 1.29 is 14.3 Å². The van der Waals surface area contributed by atoms with Gasteiger partial charge in [-0.1, -0.05) is 28.1 Å². The SMILES string of the molecule is COC(=O)CCn1c(=O)c(-c2ccc(Br)cc2)cc2cc(OC)ccc21. The summed E-state index contributed by atoms with van der Waals surface area (Å²) in [6, 6.07) is 14.9. The Morgan fingerprint density at radius 1 is 1.08 bits per heavy atom. The van der Waals surface area contributed by atoms with Crippen molar-refractivity contribution in [3.05, 3.63) is 63.4 Å². The summed E-state index contributed by atoms with van der Waals surface area (Å²) in [5.74, 6) is 0.352. The van der Waals surface area contributed by atoms with E-state index in [1.807, 2.05) is 42.5 Å². The number of nitrogens with zero attached hydrogens (tertiary/aromatic N) is 1. The predicted octanol–water partition coefficient (Wildman–Crippen LogP) is 4.00. The van der Waals surface area contributed by atoms with Gasteiger partial charge in [-0.25, -0.2) is 0 Å². The summed E-state index contributed by atoms with van der Waals surface area (Å²) in [6.07, 6.45) is 0.126. The van der Waals surface area contributed by atoms with Crippen molar-refractivity contribution in [1.29, 1.82) is 0 Å². The first-order valence-corrected chi connectivity index (χ1v) is 8.87. The molecule has 3 rings (SSSR count). The molecule has 0 radical (unpaired) electrons. The van der Waals surface area contributed by atoms with Crippen molar-refractivity contribution in [1.82, 2.24) is 4.57 Å². The van der Waals surface area contributed by atoms with Crippen LogP contribution in [0.5, 0.6) is 5.75 Å². The van der Waals surface area contributed by atoms with Crippen LogP contribution in [0.15, 0.2) is 57.8 Å². The van der Waals surface area contributed by atoms with Crippen LogP contribution in [-0.4, -0.2) is 24.8 Å². The number of fused-ring (bicyclic) bond motifs is 1. The zero-order valence-corrected chi connectivity index (χ0v) is 16.1. The van der Waals surface area contributed by atoms with Gasteiger partial charge in [-0.2, -0.15) is 0 Å². The lowest BCUT2D eigenvalue weighted by Gasteiger charge is -2.14. The van der Waals surface area contributed by atoms with Crippen molar-refractivity contribution >= 4 is 32.8 Å². The molecule has 1 heterocycles. The molecule has 0 spiro atoms. The molecule has 1 aromatic heterocycles. The first-order valence-electron chi connectivity index (χ1n) is 8.08. The number of methoxy groups -OCH3 is 2. The van der Waals surface area contributed by atoms with Crippen molar-refractivity contribution in [3.63, 3.8) is 0 Å². The van der Waals surface area contributed by atoms with Crippen molar-refractivity contribution in [2.75, 3.05) is 14.2 Å². The molecule has 0 saturated carbocycles. The highest BCUT2D eigenvalue weighted by Gasteiger charge is 2.13. The minimum absolute atomic E-state index is 0.126. The Bertz CT molecular complexity index is 1010. The fourth-order valence-electron chi connectivity index (χ4n) is 2.86. The molecule has 6 heteroatoms. The monoisotopic (exact) mass is 415 g/mol. The quantitative estimate of drug-likeness (QED) is 0.590. The third kappa shape index (κ3) is 3.65. The standard InChI is InChI=1S/C20H18BrNO4/c1-25-16-7-8-18-14(11-16)12-17(13-3-5-15(21)6-4-13)20(24)22(18)10-9-19(23)26-2/h3-8,11-12H,9-10H2,1-2H3. The van der Waals surface area contributed by atoms with Gasteiger partial charge in [0.05, 0.1) is 26.2 Å². The number of pyridine rings is 1. The number of ether oxygens (including phenoxy) is 2. The molecule has 0 saturated heterocycles. The Kier molecular flexibility index (Phi) is 5.42. The second kappa shape index (κ2) is 7.74. The van der Waals surface area contributed by atoms with Crippen molar-refractivity contribution in [3.8, 4) is 16.9 Å². The zero-order chi connectivity index (χ0) is 18.7. The molecular formula is C20H18BrNO4. The molecule has 0 fully saturated rings. The van der Waals surface area contributed by atoms with Crippen LogP contribution in [-0.2, 0) is 16.1 Å². The molecule has 3 aromatic rings. The van der Waals surface area contributed by atoms with Crippen LogP contribution in [0.3, 0.4) is 0 Å². The highest BCUT2D eigenvalue weighted by atomic mass is 79.9. The predicted molar refractivity (Wildman–Crippen MR) is 105 cm³/mol. The average molecular weight is 416 g/mol. The molecule has 134 valence electrons. The molecule has 0 amide bonds. The number of hydrogen-bond acceptors (Lipinski definition) is 4. The highest BCUT2D eigenvalue weighted by Crippen LogP contribution is 2.25. The van der Waals surface area contributed by atoms with E-state index in [0.717, 1.165) is 20.9 Å². The van der Waals surface area contributed by atoms with Crippen LogP contribution in [0.1, 0.15) is 6.42 Å². The van der Waals surface area contributed by atoms with Gasteiger partial charge >= 0.3 is 5.97 Å². The van der Waals surface area contributed by atoms with Gasteiger partial charge in [0.25, 0.3) is 5.56 Å². The summed E-state index contributed by atoms with van der Waals surface area (Å²) < 4.78 is 12.6. The molecular weight excluding hydrogens is 398 g/mol. The van der Waals surface area contributed by atoms with Gasteiger partial charge in [0.15, 0.2) is 0 Å². The lowest BCUT2D eigenvalue weighted by molar-refractivity contribution is -0.140. The summed E-state index contributed by atoms with van der Waals surface area (Å²) in [5.41, 5.74) is 1.99. The topological polar surface area (TPSA) is 57.5 Å². The number of aryl methyl sites for hydroxylation is 1. The summed E-state index contributed by atoms with van der Waals surface area (Å²) in [5, 5.41) is 0.867. The summed E-state index contributed by atoms with van der Waals surface area (Å²) >= 11 is 3.41. The van der Waals surface area contributed by atoms with Crippen LogP contribution in [0.25, 0.3) is 22.0 Å². The van der Waals surface area contributed by atoms with E-state index >= 15 is 0 Å². The van der Waals surface area contributed by atoms with Gasteiger partial charge in [-0.3, -0.25) is 9.59 Å². The maximum absolute atomic E-state index is 13.1. The van der Waals surface area contributed by atoms with E-state index < -0.39 is 0 Å². The first kappa shape index (κ1) is 18.2. The number of carbonyl (C=O) groups excluding carboxylic acids is 1. The summed E-state index contributed by atoms with van der Waals surface area (Å²) in [7, 11) is 2.94. The third-order valence-corrected chi connectivity index (χ3v) is 4.75. The molecule has 0 aliphatic rings. The maximum Gasteiger partial charge on any atom is 0.307 e. The van der Waals surface area contributed by atoms with Gasteiger partial charge in [0, 0.05) is 22.0 Å². The van der Waals surface area contributed by atoms with Crippen molar-refractivity contribution in [2.24, 2.45) is 0 Å². The molecule has 0 atom stereocenters. The Morgan fingerprint density at radius 3 is 2.46 bits per heavy atom. The number of halogens is 1. The van der Waals surface area contributed by atoms with Crippen LogP contribution in [0.4, 0.5) is 0 Å². The second-order valence-electron chi connectivity index (χ2n) is 5.77. The van der Waals surface area contributed by atoms with E-state index in [4.69, 9.17) is 9.47 Å². The van der Waals surface area contributed by atoms with Crippen LogP contribution >= 0.6 is 15.9 Å². The molecule has 0 N–H and O–H groups in total. The van der Waals surface area contributed by atoms with E-state index in [1.54, 1.807) is 17.7 Å². The van der Waals surface area contributed by atoms with E-state index in [0.29, 0.717) is 11.3 Å². The Balaban J connectivity index is 2.21. The van der Waals surface area contributed by atoms with Crippen molar-refractivity contribution in [2.45, 2.75) is 13.0 Å². The molecule has 0 aliphatic heterocycles. The Morgan fingerprint density at radius 2 is 1.81 bits per heavy atom. The maximum atomic E-state index is 13.1. The fraction of sp³-hybridized carbons (Fsp3) is 0.200. The molecule has 2 aromatic carbocycles. The van der Waals surface area contributed by atoms with Crippen LogP contribution < -0.4 is 10.3 Å². The fourth-order valence-corrected chi connectivity index (χ4v) is 3.12. The Hall–Kier alpha value is -2.60. The number of rotatable bonds is 5. The smallest absolute Gasteiger partial charge is 0.307 e. The minimum atomic E-state index is -0.354. The van der Waals surface area contributed by atoms with Crippen LogP contribution in [0, 0.1) is 0 Å². The lowest BCUT2D eigenvalue weighted by atomic mass is 10.0. The Labute approximate surface area is 159 Å². The summed E-state index contributed by atoms with van der Waals surface area (Å²) in [6.45, 7) is 0.249. The molecule has 26 heavy (non-hydrogen) atoms. The van der Waals surface area contributed by atoms with Gasteiger partial charge in [0.1, 0.15) is 5.75 Å². The molecule has 0 bridgehead atoms. The van der Waals surface area contributed by atoms with Gasteiger partial charge in [0.2, 0.25) is 0 Å². The van der Waals surface area contributed by atoms with Crippen LogP contribution in [0.2, 0.25) is 0 Å². The van der Waals surface area contributed by atoms with Gasteiger partial charge < -0.3 is 14.0 Å². The molecule has 5 nitrogen and oxygen atoms in total. The number of benzene rings is 2. The first-order chi connectivity index (χ1) is 12.5. The molecule has 0 unspecified atom stereocenters. The van der Waals surface area contributed by atoms with E-state index in [1.165, 1.54) is 7.11 Å². The molecule has 0 aliphatic carbocycles. The lowest BCUT2D eigenvalue weighted by Crippen LogP contribution is -2.23. The average Bonchev–Trinajstić information content (AvgIpc) is 2.67. The summed E-state index contributed by atoms with van der Waals surface area (Å²) in [4.78, 5) is 24.7. The van der Waals surface area contributed by atoms with E-state index in [2.05, 4.69) is 15.9 Å². The number of carbonyl (C=O) groups is 1. The highest BCUT2D eigenvalue weighted by molar-refractivity contribution is 9.10. The normalized spacial score (nSPS) is 10.7. The number of esters is 1. The number of hydrogen-bond donors (Lipinski definition) is 0. The second-order valence-corrected chi connectivity index (χ2v) is 6.69. The minimum Gasteiger partial charge on any atom is -0.497 e. The zero-order valence-electron chi connectivity index (χ0n) is 14.5.